The molecule has 106 valence electrons. The number of aliphatic carboxylic acids is 1. The van der Waals surface area contributed by atoms with Crippen LogP contribution in [0.3, 0.4) is 0 Å². The van der Waals surface area contributed by atoms with Crippen LogP contribution in [0.2, 0.25) is 0 Å². The monoisotopic (exact) mass is 350 g/mol. The summed E-state index contributed by atoms with van der Waals surface area (Å²) in [5.74, 6) is -1.20. The van der Waals surface area contributed by atoms with E-state index in [0.717, 1.165) is 13.1 Å². The van der Waals surface area contributed by atoms with Gasteiger partial charge in [0, 0.05) is 25.1 Å². The third kappa shape index (κ3) is 4.27. The second-order valence-electron chi connectivity index (χ2n) is 4.04. The van der Waals surface area contributed by atoms with Gasteiger partial charge >= 0.3 is 5.97 Å². The quantitative estimate of drug-likeness (QED) is 0.834. The molecule has 0 aliphatic carbocycles. The summed E-state index contributed by atoms with van der Waals surface area (Å²) < 4.78 is 26.8. The predicted octanol–water partition coefficient (Wildman–Crippen LogP) is 1.14. The standard InChI is InChI=1S/C11H15BrN2O4S/c1-13(2)19(17,18)14(8-11(15)16)7-9-5-3-4-6-10(9)12/h3-6H,7-8H2,1-2H3,(H,15,16). The van der Waals surface area contributed by atoms with Gasteiger partial charge < -0.3 is 5.11 Å². The first kappa shape index (κ1) is 16.1. The topological polar surface area (TPSA) is 77.9 Å². The Bertz CT molecular complexity index is 560. The van der Waals surface area contributed by atoms with Gasteiger partial charge in [-0.1, -0.05) is 34.1 Å². The van der Waals surface area contributed by atoms with Crippen molar-refractivity contribution in [3.05, 3.63) is 34.3 Å². The van der Waals surface area contributed by atoms with E-state index in [0.29, 0.717) is 5.56 Å². The fourth-order valence-electron chi connectivity index (χ4n) is 1.42. The van der Waals surface area contributed by atoms with E-state index in [-0.39, 0.29) is 6.54 Å². The second kappa shape index (κ2) is 6.47. The van der Waals surface area contributed by atoms with Crippen molar-refractivity contribution in [1.82, 2.24) is 8.61 Å². The average Bonchev–Trinajstić information content (AvgIpc) is 2.30. The second-order valence-corrected chi connectivity index (χ2v) is 7.04. The highest BCUT2D eigenvalue weighted by atomic mass is 79.9. The fraction of sp³-hybridized carbons (Fsp3) is 0.364. The third-order valence-electron chi connectivity index (χ3n) is 2.40. The van der Waals surface area contributed by atoms with Gasteiger partial charge in [-0.15, -0.1) is 0 Å². The zero-order chi connectivity index (χ0) is 14.6. The Hall–Kier alpha value is -0.960. The van der Waals surface area contributed by atoms with Gasteiger partial charge in [-0.3, -0.25) is 4.79 Å². The van der Waals surface area contributed by atoms with Crippen LogP contribution in [0.15, 0.2) is 28.7 Å². The molecular formula is C11H15BrN2O4S. The predicted molar refractivity (Wildman–Crippen MR) is 74.8 cm³/mol. The Balaban J connectivity index is 3.07. The minimum atomic E-state index is -3.78. The minimum absolute atomic E-state index is 0.00572. The molecule has 0 saturated carbocycles. The number of carboxylic acids is 1. The van der Waals surface area contributed by atoms with E-state index in [4.69, 9.17) is 5.11 Å². The molecule has 0 atom stereocenters. The number of nitrogens with zero attached hydrogens (tertiary/aromatic N) is 2. The number of benzene rings is 1. The number of hydrogen-bond donors (Lipinski definition) is 1. The fourth-order valence-corrected chi connectivity index (χ4v) is 2.87. The van der Waals surface area contributed by atoms with Crippen LogP contribution in [-0.2, 0) is 21.5 Å². The van der Waals surface area contributed by atoms with Crippen LogP contribution in [0.4, 0.5) is 0 Å². The molecule has 0 fully saturated rings. The maximum absolute atomic E-state index is 12.1. The zero-order valence-electron chi connectivity index (χ0n) is 10.6. The molecule has 0 radical (unpaired) electrons. The summed E-state index contributed by atoms with van der Waals surface area (Å²) in [6, 6.07) is 7.08. The Labute approximate surface area is 120 Å². The molecule has 1 rings (SSSR count). The summed E-state index contributed by atoms with van der Waals surface area (Å²) in [6.45, 7) is -0.587. The van der Waals surface area contributed by atoms with Crippen LogP contribution < -0.4 is 0 Å². The van der Waals surface area contributed by atoms with Crippen LogP contribution in [-0.4, -0.2) is 48.7 Å². The van der Waals surface area contributed by atoms with Gasteiger partial charge in [0.25, 0.3) is 10.2 Å². The zero-order valence-corrected chi connectivity index (χ0v) is 13.0. The van der Waals surface area contributed by atoms with Gasteiger partial charge in [-0.2, -0.15) is 17.0 Å². The molecular weight excluding hydrogens is 336 g/mol. The minimum Gasteiger partial charge on any atom is -0.480 e. The molecule has 0 aliphatic heterocycles. The Morgan fingerprint density at radius 1 is 1.32 bits per heavy atom. The van der Waals surface area contributed by atoms with E-state index >= 15 is 0 Å². The van der Waals surface area contributed by atoms with E-state index in [1.54, 1.807) is 24.3 Å². The van der Waals surface area contributed by atoms with E-state index in [9.17, 15) is 13.2 Å². The third-order valence-corrected chi connectivity index (χ3v) is 5.01. The van der Waals surface area contributed by atoms with Crippen molar-refractivity contribution < 1.29 is 18.3 Å². The largest absolute Gasteiger partial charge is 0.480 e. The highest BCUT2D eigenvalue weighted by Crippen LogP contribution is 2.19. The lowest BCUT2D eigenvalue weighted by molar-refractivity contribution is -0.137. The highest BCUT2D eigenvalue weighted by Gasteiger charge is 2.27. The van der Waals surface area contributed by atoms with Crippen molar-refractivity contribution in [2.45, 2.75) is 6.54 Å². The molecule has 0 saturated heterocycles. The molecule has 0 aliphatic rings. The van der Waals surface area contributed by atoms with Gasteiger partial charge in [-0.05, 0) is 11.6 Å². The Kier molecular flexibility index (Phi) is 5.48. The number of halogens is 1. The Morgan fingerprint density at radius 2 is 1.89 bits per heavy atom. The molecule has 6 nitrogen and oxygen atoms in total. The molecule has 19 heavy (non-hydrogen) atoms. The first-order valence-electron chi connectivity index (χ1n) is 5.38. The molecule has 0 amide bonds. The van der Waals surface area contributed by atoms with E-state index in [1.807, 2.05) is 0 Å². The lowest BCUT2D eigenvalue weighted by Crippen LogP contribution is -2.42. The van der Waals surface area contributed by atoms with Crippen LogP contribution in [0.1, 0.15) is 5.56 Å². The molecule has 0 bridgehead atoms. The van der Waals surface area contributed by atoms with Crippen LogP contribution in [0, 0.1) is 0 Å². The summed E-state index contributed by atoms with van der Waals surface area (Å²) in [7, 11) is -1.05. The summed E-state index contributed by atoms with van der Waals surface area (Å²) in [4.78, 5) is 10.8. The molecule has 0 aromatic heterocycles. The van der Waals surface area contributed by atoms with Crippen molar-refractivity contribution in [2.75, 3.05) is 20.6 Å². The van der Waals surface area contributed by atoms with E-state index in [1.165, 1.54) is 14.1 Å². The van der Waals surface area contributed by atoms with E-state index in [2.05, 4.69) is 15.9 Å². The van der Waals surface area contributed by atoms with Crippen molar-refractivity contribution in [2.24, 2.45) is 0 Å². The molecule has 8 heteroatoms. The van der Waals surface area contributed by atoms with Crippen LogP contribution in [0.5, 0.6) is 0 Å². The summed E-state index contributed by atoms with van der Waals surface area (Å²) in [6.07, 6.45) is 0. The van der Waals surface area contributed by atoms with Gasteiger partial charge in [0.05, 0.1) is 0 Å². The maximum Gasteiger partial charge on any atom is 0.318 e. The molecule has 1 N–H and O–H groups in total. The normalized spacial score (nSPS) is 12.1. The molecule has 0 unspecified atom stereocenters. The molecule has 0 spiro atoms. The molecule has 1 aromatic rings. The van der Waals surface area contributed by atoms with Crippen LogP contribution in [0.25, 0.3) is 0 Å². The van der Waals surface area contributed by atoms with Crippen molar-refractivity contribution >= 4 is 32.1 Å². The van der Waals surface area contributed by atoms with E-state index < -0.39 is 22.7 Å². The first-order valence-corrected chi connectivity index (χ1v) is 7.57. The lowest BCUT2D eigenvalue weighted by Gasteiger charge is -2.24. The number of carbonyl (C=O) groups is 1. The number of carboxylic acid groups (broad SMARTS) is 1. The van der Waals surface area contributed by atoms with Crippen LogP contribution >= 0.6 is 15.9 Å². The van der Waals surface area contributed by atoms with Gasteiger partial charge in [0.15, 0.2) is 0 Å². The first-order chi connectivity index (χ1) is 8.75. The van der Waals surface area contributed by atoms with Gasteiger partial charge in [0.1, 0.15) is 6.54 Å². The highest BCUT2D eigenvalue weighted by molar-refractivity contribution is 9.10. The van der Waals surface area contributed by atoms with Crippen molar-refractivity contribution in [3.63, 3.8) is 0 Å². The smallest absolute Gasteiger partial charge is 0.318 e. The van der Waals surface area contributed by atoms with Crippen molar-refractivity contribution in [3.8, 4) is 0 Å². The SMILES string of the molecule is CN(C)S(=O)(=O)N(CC(=O)O)Cc1ccccc1Br. The number of rotatable bonds is 6. The summed E-state index contributed by atoms with van der Waals surface area (Å²) >= 11 is 3.31. The summed E-state index contributed by atoms with van der Waals surface area (Å²) in [5, 5.41) is 8.84. The lowest BCUT2D eigenvalue weighted by atomic mass is 10.2. The van der Waals surface area contributed by atoms with Gasteiger partial charge in [0.2, 0.25) is 0 Å². The maximum atomic E-state index is 12.1. The van der Waals surface area contributed by atoms with Gasteiger partial charge in [-0.25, -0.2) is 0 Å². The van der Waals surface area contributed by atoms with Crippen molar-refractivity contribution in [1.29, 1.82) is 0 Å². The average molecular weight is 351 g/mol. The molecule has 0 heterocycles. The number of hydrogen-bond acceptors (Lipinski definition) is 3. The Morgan fingerprint density at radius 3 is 2.37 bits per heavy atom. The molecule has 1 aromatic carbocycles. The summed E-state index contributed by atoms with van der Waals surface area (Å²) in [5.41, 5.74) is 0.703.